The van der Waals surface area contributed by atoms with Crippen LogP contribution in [0.15, 0.2) is 36.5 Å². The molecule has 1 fully saturated rings. The largest absolute Gasteiger partial charge is 0.317 e. The second-order valence-corrected chi connectivity index (χ2v) is 7.73. The molecule has 5 heteroatoms. The zero-order chi connectivity index (χ0) is 16.8. The Morgan fingerprint density at radius 1 is 1.33 bits per heavy atom. The van der Waals surface area contributed by atoms with Gasteiger partial charge in [0, 0.05) is 23.9 Å². The average molecular weight is 343 g/mol. The lowest BCUT2D eigenvalue weighted by atomic mass is 9.84. The minimum absolute atomic E-state index is 0.0849. The lowest BCUT2D eigenvalue weighted by molar-refractivity contribution is -0.117. The van der Waals surface area contributed by atoms with Crippen molar-refractivity contribution in [1.82, 2.24) is 10.3 Å². The average Bonchev–Trinajstić information content (AvgIpc) is 3.03. The van der Waals surface area contributed by atoms with E-state index in [0.717, 1.165) is 19.5 Å². The molecular weight excluding hydrogens is 318 g/mol. The molecule has 0 aliphatic carbocycles. The molecule has 1 aromatic carbocycles. The number of benzene rings is 1. The Morgan fingerprint density at radius 2 is 2.08 bits per heavy atom. The van der Waals surface area contributed by atoms with Crippen LogP contribution in [0.3, 0.4) is 0 Å². The molecule has 2 aromatic rings. The Balaban J connectivity index is 1.49. The van der Waals surface area contributed by atoms with Gasteiger partial charge in [-0.05, 0) is 43.3 Å². The van der Waals surface area contributed by atoms with Crippen LogP contribution in [0, 0.1) is 11.8 Å². The third-order valence-corrected chi connectivity index (χ3v) is 5.63. The Labute approximate surface area is 147 Å². The number of thiazole rings is 1. The van der Waals surface area contributed by atoms with Crippen LogP contribution >= 0.6 is 11.3 Å². The van der Waals surface area contributed by atoms with Crippen molar-refractivity contribution >= 4 is 22.4 Å². The predicted molar refractivity (Wildman–Crippen MR) is 99.4 cm³/mol. The number of hydrogen-bond donors (Lipinski definition) is 2. The van der Waals surface area contributed by atoms with Crippen LogP contribution in [0.5, 0.6) is 0 Å². The standard InChI is InChI=1S/C19H25N3OS/c1-14(16-7-9-20-10-8-16)11-18(23)22-19-21-13-17(24-19)12-15-5-3-2-4-6-15/h2-6,13-14,16,20H,7-12H2,1H3,(H,21,22,23). The van der Waals surface area contributed by atoms with E-state index in [-0.39, 0.29) is 5.91 Å². The highest BCUT2D eigenvalue weighted by Crippen LogP contribution is 2.26. The Bertz CT molecular complexity index is 650. The predicted octanol–water partition coefficient (Wildman–Crippen LogP) is 3.70. The fourth-order valence-electron chi connectivity index (χ4n) is 3.29. The first-order valence-electron chi connectivity index (χ1n) is 8.70. The molecule has 2 N–H and O–H groups in total. The second kappa shape index (κ2) is 8.40. The monoisotopic (exact) mass is 343 g/mol. The minimum atomic E-state index is 0.0849. The third kappa shape index (κ3) is 4.89. The van der Waals surface area contributed by atoms with Gasteiger partial charge in [0.2, 0.25) is 5.91 Å². The van der Waals surface area contributed by atoms with Crippen molar-refractivity contribution in [3.63, 3.8) is 0 Å². The first-order valence-corrected chi connectivity index (χ1v) is 9.51. The summed E-state index contributed by atoms with van der Waals surface area (Å²) in [6.45, 7) is 4.34. The van der Waals surface area contributed by atoms with Crippen LogP contribution < -0.4 is 10.6 Å². The molecule has 0 bridgehead atoms. The molecule has 0 spiro atoms. The highest BCUT2D eigenvalue weighted by atomic mass is 32.1. The van der Waals surface area contributed by atoms with Crippen LogP contribution in [0.25, 0.3) is 0 Å². The summed E-state index contributed by atoms with van der Waals surface area (Å²) >= 11 is 1.57. The van der Waals surface area contributed by atoms with E-state index in [4.69, 9.17) is 0 Å². The number of piperidine rings is 1. The van der Waals surface area contributed by atoms with E-state index in [1.54, 1.807) is 11.3 Å². The van der Waals surface area contributed by atoms with Gasteiger partial charge in [0.1, 0.15) is 0 Å². The van der Waals surface area contributed by atoms with E-state index in [9.17, 15) is 4.79 Å². The number of amides is 1. The number of hydrogen-bond acceptors (Lipinski definition) is 4. The Hall–Kier alpha value is -1.72. The van der Waals surface area contributed by atoms with Gasteiger partial charge in [-0.2, -0.15) is 0 Å². The molecule has 1 unspecified atom stereocenters. The van der Waals surface area contributed by atoms with Crippen LogP contribution in [0.2, 0.25) is 0 Å². The quantitative estimate of drug-likeness (QED) is 0.841. The lowest BCUT2D eigenvalue weighted by Gasteiger charge is -2.27. The van der Waals surface area contributed by atoms with Crippen molar-refractivity contribution < 1.29 is 4.79 Å². The maximum atomic E-state index is 12.3. The molecule has 1 aliphatic rings. The Kier molecular flexibility index (Phi) is 5.99. The van der Waals surface area contributed by atoms with Gasteiger partial charge in [-0.1, -0.05) is 37.3 Å². The first kappa shape index (κ1) is 17.1. The SMILES string of the molecule is CC(CC(=O)Nc1ncc(Cc2ccccc2)s1)C1CCNCC1. The number of rotatable bonds is 6. The Morgan fingerprint density at radius 3 is 2.83 bits per heavy atom. The van der Waals surface area contributed by atoms with E-state index in [1.165, 1.54) is 23.3 Å². The normalized spacial score (nSPS) is 16.7. The maximum absolute atomic E-state index is 12.3. The van der Waals surface area contributed by atoms with Gasteiger partial charge in [-0.15, -0.1) is 11.3 Å². The fraction of sp³-hybridized carbons (Fsp3) is 0.474. The molecule has 24 heavy (non-hydrogen) atoms. The molecule has 0 radical (unpaired) electrons. The van der Waals surface area contributed by atoms with Crippen LogP contribution in [0.1, 0.15) is 36.6 Å². The van der Waals surface area contributed by atoms with Gasteiger partial charge in [-0.25, -0.2) is 4.98 Å². The summed E-state index contributed by atoms with van der Waals surface area (Å²) in [5.41, 5.74) is 1.26. The van der Waals surface area contributed by atoms with E-state index in [0.29, 0.717) is 23.4 Å². The summed E-state index contributed by atoms with van der Waals surface area (Å²) in [6, 6.07) is 10.3. The van der Waals surface area contributed by atoms with Gasteiger partial charge in [0.15, 0.2) is 5.13 Å². The zero-order valence-electron chi connectivity index (χ0n) is 14.1. The van der Waals surface area contributed by atoms with Crippen molar-refractivity contribution in [2.75, 3.05) is 18.4 Å². The molecule has 4 nitrogen and oxygen atoms in total. The molecule has 1 aromatic heterocycles. The topological polar surface area (TPSA) is 54.0 Å². The molecule has 1 saturated heterocycles. The summed E-state index contributed by atoms with van der Waals surface area (Å²) in [4.78, 5) is 17.8. The number of aromatic nitrogens is 1. The second-order valence-electron chi connectivity index (χ2n) is 6.61. The fourth-order valence-corrected chi connectivity index (χ4v) is 4.15. The maximum Gasteiger partial charge on any atom is 0.226 e. The van der Waals surface area contributed by atoms with E-state index in [1.807, 2.05) is 24.4 Å². The number of nitrogens with zero attached hydrogens (tertiary/aromatic N) is 1. The summed E-state index contributed by atoms with van der Waals surface area (Å²) in [5, 5.41) is 7.06. The van der Waals surface area contributed by atoms with Gasteiger partial charge >= 0.3 is 0 Å². The zero-order valence-corrected chi connectivity index (χ0v) is 14.9. The van der Waals surface area contributed by atoms with Crippen LogP contribution in [0.4, 0.5) is 5.13 Å². The molecule has 3 rings (SSSR count). The summed E-state index contributed by atoms with van der Waals surface area (Å²) in [7, 11) is 0. The summed E-state index contributed by atoms with van der Waals surface area (Å²) in [5.74, 6) is 1.17. The van der Waals surface area contributed by atoms with Gasteiger partial charge < -0.3 is 10.6 Å². The third-order valence-electron chi connectivity index (χ3n) is 4.72. The molecule has 1 amide bonds. The molecule has 0 saturated carbocycles. The van der Waals surface area contributed by atoms with Gasteiger partial charge in [-0.3, -0.25) is 4.79 Å². The highest BCUT2D eigenvalue weighted by Gasteiger charge is 2.22. The minimum Gasteiger partial charge on any atom is -0.317 e. The van der Waals surface area contributed by atoms with Crippen molar-refractivity contribution in [2.24, 2.45) is 11.8 Å². The summed E-state index contributed by atoms with van der Waals surface area (Å²) in [6.07, 6.45) is 5.65. The number of nitrogens with one attached hydrogen (secondary N) is 2. The van der Waals surface area contributed by atoms with Crippen molar-refractivity contribution in [2.45, 2.75) is 32.6 Å². The number of carbonyl (C=O) groups is 1. The van der Waals surface area contributed by atoms with Gasteiger partial charge in [0.05, 0.1) is 0 Å². The van der Waals surface area contributed by atoms with Crippen molar-refractivity contribution in [3.05, 3.63) is 47.0 Å². The first-order chi connectivity index (χ1) is 11.7. The van der Waals surface area contributed by atoms with E-state index in [2.05, 4.69) is 34.7 Å². The number of carbonyl (C=O) groups excluding carboxylic acids is 1. The number of anilines is 1. The molecule has 2 heterocycles. The smallest absolute Gasteiger partial charge is 0.226 e. The molecule has 128 valence electrons. The van der Waals surface area contributed by atoms with Crippen molar-refractivity contribution in [1.29, 1.82) is 0 Å². The molecule has 1 aliphatic heterocycles. The summed E-state index contributed by atoms with van der Waals surface area (Å²) < 4.78 is 0. The van der Waals surface area contributed by atoms with Crippen LogP contribution in [-0.4, -0.2) is 24.0 Å². The highest BCUT2D eigenvalue weighted by molar-refractivity contribution is 7.15. The lowest BCUT2D eigenvalue weighted by Crippen LogP contribution is -2.32. The van der Waals surface area contributed by atoms with E-state index >= 15 is 0 Å². The van der Waals surface area contributed by atoms with Crippen LogP contribution in [-0.2, 0) is 11.2 Å². The van der Waals surface area contributed by atoms with Crippen molar-refractivity contribution in [3.8, 4) is 0 Å². The molecular formula is C19H25N3OS. The van der Waals surface area contributed by atoms with Gasteiger partial charge in [0.25, 0.3) is 0 Å². The molecule has 1 atom stereocenters. The van der Waals surface area contributed by atoms with E-state index < -0.39 is 0 Å².